The minimum Gasteiger partial charge on any atom is -0.327 e. The molecule has 0 aliphatic heterocycles. The van der Waals surface area contributed by atoms with Gasteiger partial charge in [0.25, 0.3) is 0 Å². The van der Waals surface area contributed by atoms with Gasteiger partial charge in [-0.25, -0.2) is 9.97 Å². The molecule has 16 heavy (non-hydrogen) atoms. The summed E-state index contributed by atoms with van der Waals surface area (Å²) in [5, 5.41) is 1.19. The van der Waals surface area contributed by atoms with Crippen molar-refractivity contribution in [2.24, 2.45) is 5.73 Å². The van der Waals surface area contributed by atoms with E-state index in [-0.39, 0.29) is 6.04 Å². The molecule has 0 amide bonds. The maximum absolute atomic E-state index is 5.98. The number of rotatable bonds is 4. The van der Waals surface area contributed by atoms with E-state index in [0.29, 0.717) is 0 Å². The van der Waals surface area contributed by atoms with Crippen molar-refractivity contribution in [3.63, 3.8) is 0 Å². The lowest BCUT2D eigenvalue weighted by Gasteiger charge is -2.07. The first kappa shape index (κ1) is 11.5. The quantitative estimate of drug-likeness (QED) is 0.886. The molecule has 1 atom stereocenters. The Balaban J connectivity index is 2.40. The van der Waals surface area contributed by atoms with Crippen LogP contribution in [0.2, 0.25) is 0 Å². The minimum absolute atomic E-state index is 0.197. The van der Waals surface area contributed by atoms with E-state index < -0.39 is 0 Å². The van der Waals surface area contributed by atoms with Crippen molar-refractivity contribution >= 4 is 21.6 Å². The molecule has 1 unspecified atom stereocenters. The molecular formula is C12H17N3S. The van der Waals surface area contributed by atoms with Gasteiger partial charge >= 0.3 is 0 Å². The number of aryl methyl sites for hydroxylation is 1. The number of nitrogens with zero attached hydrogens (tertiary/aromatic N) is 2. The summed E-state index contributed by atoms with van der Waals surface area (Å²) in [6.45, 7) is 4.27. The molecular weight excluding hydrogens is 218 g/mol. The molecule has 2 rings (SSSR count). The number of hydrogen-bond acceptors (Lipinski definition) is 4. The van der Waals surface area contributed by atoms with E-state index in [9.17, 15) is 0 Å². The van der Waals surface area contributed by atoms with Crippen molar-refractivity contribution in [1.82, 2.24) is 9.97 Å². The third kappa shape index (κ3) is 2.23. The first-order chi connectivity index (χ1) is 7.74. The summed E-state index contributed by atoms with van der Waals surface area (Å²) < 4.78 is 0. The third-order valence-corrected chi connectivity index (χ3v) is 3.98. The molecule has 0 bridgehead atoms. The topological polar surface area (TPSA) is 51.8 Å². The molecule has 0 spiro atoms. The second-order valence-corrected chi connectivity index (χ2v) is 5.09. The second-order valence-electron chi connectivity index (χ2n) is 3.98. The Morgan fingerprint density at radius 2 is 2.19 bits per heavy atom. The highest BCUT2D eigenvalue weighted by Gasteiger charge is 2.10. The Labute approximate surface area is 99.7 Å². The molecule has 0 saturated carbocycles. The smallest absolute Gasteiger partial charge is 0.127 e. The van der Waals surface area contributed by atoms with Gasteiger partial charge in [-0.15, -0.1) is 11.3 Å². The number of hydrogen-bond donors (Lipinski definition) is 1. The van der Waals surface area contributed by atoms with E-state index in [1.54, 1.807) is 17.7 Å². The summed E-state index contributed by atoms with van der Waals surface area (Å²) in [5.74, 6) is 0. The molecule has 4 heteroatoms. The van der Waals surface area contributed by atoms with Gasteiger partial charge in [-0.2, -0.15) is 0 Å². The van der Waals surface area contributed by atoms with Crippen molar-refractivity contribution in [3.05, 3.63) is 23.0 Å². The van der Waals surface area contributed by atoms with Crippen molar-refractivity contribution < 1.29 is 0 Å². The summed E-state index contributed by atoms with van der Waals surface area (Å²) >= 11 is 1.75. The summed E-state index contributed by atoms with van der Waals surface area (Å²) in [4.78, 5) is 11.1. The van der Waals surface area contributed by atoms with Crippen molar-refractivity contribution in [2.45, 2.75) is 39.2 Å². The molecule has 86 valence electrons. The van der Waals surface area contributed by atoms with E-state index in [2.05, 4.69) is 29.9 Å². The zero-order chi connectivity index (χ0) is 11.5. The van der Waals surface area contributed by atoms with Crippen LogP contribution < -0.4 is 5.73 Å². The number of thiophene rings is 1. The summed E-state index contributed by atoms with van der Waals surface area (Å²) in [5.41, 5.74) is 7.07. The fourth-order valence-electron chi connectivity index (χ4n) is 1.68. The van der Waals surface area contributed by atoms with Crippen LogP contribution in [0.25, 0.3) is 10.2 Å². The molecule has 0 saturated heterocycles. The van der Waals surface area contributed by atoms with E-state index in [1.165, 1.54) is 10.3 Å². The Morgan fingerprint density at radius 1 is 1.38 bits per heavy atom. The van der Waals surface area contributed by atoms with E-state index >= 15 is 0 Å². The monoisotopic (exact) mass is 235 g/mol. The van der Waals surface area contributed by atoms with Crippen LogP contribution in [0.15, 0.2) is 12.4 Å². The normalized spacial score (nSPS) is 13.2. The molecule has 2 aromatic rings. The highest BCUT2D eigenvalue weighted by atomic mass is 32.1. The van der Waals surface area contributed by atoms with Gasteiger partial charge in [-0.05, 0) is 18.9 Å². The van der Waals surface area contributed by atoms with Crippen molar-refractivity contribution in [1.29, 1.82) is 0 Å². The van der Waals surface area contributed by atoms with E-state index in [0.717, 1.165) is 29.8 Å². The molecule has 0 radical (unpaired) electrons. The fourth-order valence-corrected chi connectivity index (χ4v) is 2.64. The van der Waals surface area contributed by atoms with Gasteiger partial charge in [0.2, 0.25) is 0 Å². The van der Waals surface area contributed by atoms with Crippen LogP contribution in [0.1, 0.15) is 30.8 Å². The van der Waals surface area contributed by atoms with Gasteiger partial charge in [0.05, 0.1) is 5.69 Å². The Hall–Kier alpha value is -1.00. The molecule has 2 N–H and O–H groups in total. The van der Waals surface area contributed by atoms with Gasteiger partial charge in [0.1, 0.15) is 11.2 Å². The highest BCUT2D eigenvalue weighted by molar-refractivity contribution is 7.18. The first-order valence-corrected chi connectivity index (χ1v) is 6.54. The largest absolute Gasteiger partial charge is 0.327 e. The molecule has 3 nitrogen and oxygen atoms in total. The van der Waals surface area contributed by atoms with Gasteiger partial charge in [0, 0.05) is 22.7 Å². The lowest BCUT2D eigenvalue weighted by molar-refractivity contribution is 0.639. The van der Waals surface area contributed by atoms with Crippen molar-refractivity contribution in [2.75, 3.05) is 0 Å². The SMILES string of the molecule is CCc1cc2c(CC(N)CC)ncnc2s1. The Bertz CT molecular complexity index is 478. The number of aromatic nitrogens is 2. The molecule has 2 heterocycles. The van der Waals surface area contributed by atoms with Gasteiger partial charge in [-0.1, -0.05) is 13.8 Å². The van der Waals surface area contributed by atoms with Crippen LogP contribution in [-0.2, 0) is 12.8 Å². The summed E-state index contributed by atoms with van der Waals surface area (Å²) in [6, 6.07) is 2.40. The maximum atomic E-state index is 5.98. The highest BCUT2D eigenvalue weighted by Crippen LogP contribution is 2.26. The Morgan fingerprint density at radius 3 is 2.88 bits per heavy atom. The average molecular weight is 235 g/mol. The van der Waals surface area contributed by atoms with Gasteiger partial charge in [-0.3, -0.25) is 0 Å². The average Bonchev–Trinajstić information content (AvgIpc) is 2.73. The predicted molar refractivity (Wildman–Crippen MR) is 68.8 cm³/mol. The molecule has 0 aliphatic rings. The maximum Gasteiger partial charge on any atom is 0.127 e. The Kier molecular flexibility index (Phi) is 3.51. The van der Waals surface area contributed by atoms with Crippen LogP contribution in [0.3, 0.4) is 0 Å². The van der Waals surface area contributed by atoms with Crippen LogP contribution in [0, 0.1) is 0 Å². The summed E-state index contributed by atoms with van der Waals surface area (Å²) in [6.07, 6.45) is 4.53. The minimum atomic E-state index is 0.197. The summed E-state index contributed by atoms with van der Waals surface area (Å²) in [7, 11) is 0. The number of fused-ring (bicyclic) bond motifs is 1. The third-order valence-electron chi connectivity index (χ3n) is 2.79. The second kappa shape index (κ2) is 4.89. The van der Waals surface area contributed by atoms with Crippen LogP contribution in [0.5, 0.6) is 0 Å². The molecule has 2 aromatic heterocycles. The molecule has 0 aliphatic carbocycles. The van der Waals surface area contributed by atoms with Gasteiger partial charge < -0.3 is 5.73 Å². The van der Waals surface area contributed by atoms with Crippen molar-refractivity contribution in [3.8, 4) is 0 Å². The van der Waals surface area contributed by atoms with Crippen LogP contribution in [0.4, 0.5) is 0 Å². The van der Waals surface area contributed by atoms with Crippen LogP contribution in [-0.4, -0.2) is 16.0 Å². The van der Waals surface area contributed by atoms with E-state index in [1.807, 2.05) is 0 Å². The molecule has 0 fully saturated rings. The zero-order valence-electron chi connectivity index (χ0n) is 9.73. The van der Waals surface area contributed by atoms with Crippen LogP contribution >= 0.6 is 11.3 Å². The first-order valence-electron chi connectivity index (χ1n) is 5.72. The standard InChI is InChI=1S/C12H17N3S/c1-3-8(13)5-11-10-6-9(4-2)16-12(10)15-7-14-11/h6-8H,3-5,13H2,1-2H3. The van der Waals surface area contributed by atoms with Gasteiger partial charge in [0.15, 0.2) is 0 Å². The molecule has 0 aromatic carbocycles. The lowest BCUT2D eigenvalue weighted by atomic mass is 10.1. The number of nitrogens with two attached hydrogens (primary N) is 1. The predicted octanol–water partition coefficient (Wildman–Crippen LogP) is 2.53. The fraction of sp³-hybridized carbons (Fsp3) is 0.500. The zero-order valence-corrected chi connectivity index (χ0v) is 10.5. The lowest BCUT2D eigenvalue weighted by Crippen LogP contribution is -2.22. The van der Waals surface area contributed by atoms with E-state index in [4.69, 9.17) is 5.73 Å².